The van der Waals surface area contributed by atoms with E-state index < -0.39 is 10.0 Å². The van der Waals surface area contributed by atoms with E-state index in [1.165, 1.54) is 0 Å². The highest BCUT2D eigenvalue weighted by Gasteiger charge is 2.35. The number of hydrogen-bond donors (Lipinski definition) is 1. The number of carbonyl (C=O) groups is 1. The first-order valence-electron chi connectivity index (χ1n) is 9.05. The predicted molar refractivity (Wildman–Crippen MR) is 97.3 cm³/mol. The molecule has 0 radical (unpaired) electrons. The summed E-state index contributed by atoms with van der Waals surface area (Å²) >= 11 is 0. The maximum absolute atomic E-state index is 12.3. The Balaban J connectivity index is 1.45. The lowest BCUT2D eigenvalue weighted by Crippen LogP contribution is -2.42. The third-order valence-corrected chi connectivity index (χ3v) is 6.33. The molecule has 7 nitrogen and oxygen atoms in total. The third kappa shape index (κ3) is 3.56. The molecule has 1 unspecified atom stereocenters. The number of rotatable bonds is 4. The van der Waals surface area contributed by atoms with E-state index in [4.69, 9.17) is 10.5 Å². The highest BCUT2D eigenvalue weighted by atomic mass is 32.2. The van der Waals surface area contributed by atoms with Crippen LogP contribution in [0.4, 0.5) is 0 Å². The highest BCUT2D eigenvalue weighted by molar-refractivity contribution is 7.89. The normalized spacial score (nSPS) is 24.5. The molecule has 3 aliphatic rings. The van der Waals surface area contributed by atoms with Crippen molar-refractivity contribution >= 4 is 21.8 Å². The molecule has 1 saturated heterocycles. The number of carbonyl (C=O) groups excluding carboxylic acids is 1. The maximum atomic E-state index is 12.3. The molecule has 26 heavy (non-hydrogen) atoms. The van der Waals surface area contributed by atoms with Crippen molar-refractivity contribution in [3.63, 3.8) is 0 Å². The number of likely N-dealkylation sites (tertiary alicyclic amines) is 1. The van der Waals surface area contributed by atoms with E-state index in [2.05, 4.69) is 4.40 Å². The first kappa shape index (κ1) is 17.3. The number of nitrogens with two attached hydrogens (primary N) is 1. The van der Waals surface area contributed by atoms with Gasteiger partial charge in [0.1, 0.15) is 11.6 Å². The van der Waals surface area contributed by atoms with Gasteiger partial charge in [-0.25, -0.2) is 8.42 Å². The van der Waals surface area contributed by atoms with E-state index in [1.54, 1.807) is 18.2 Å². The van der Waals surface area contributed by atoms with Crippen molar-refractivity contribution in [1.82, 2.24) is 4.90 Å². The van der Waals surface area contributed by atoms with E-state index in [1.807, 2.05) is 4.90 Å². The van der Waals surface area contributed by atoms with Crippen molar-refractivity contribution in [3.05, 3.63) is 29.3 Å². The molecule has 2 fully saturated rings. The average molecular weight is 377 g/mol. The summed E-state index contributed by atoms with van der Waals surface area (Å²) in [6.07, 6.45) is 4.05. The lowest BCUT2D eigenvalue weighted by atomic mass is 9.98. The molecule has 4 rings (SSSR count). The Kier molecular flexibility index (Phi) is 4.38. The number of fused-ring (bicyclic) bond motifs is 1. The summed E-state index contributed by atoms with van der Waals surface area (Å²) in [6, 6.07) is 5.29. The van der Waals surface area contributed by atoms with E-state index in [0.717, 1.165) is 38.8 Å². The van der Waals surface area contributed by atoms with Gasteiger partial charge in [-0.15, -0.1) is 4.40 Å². The van der Waals surface area contributed by atoms with E-state index in [0.29, 0.717) is 23.5 Å². The second kappa shape index (κ2) is 6.57. The van der Waals surface area contributed by atoms with Gasteiger partial charge in [0.2, 0.25) is 5.91 Å². The van der Waals surface area contributed by atoms with Crippen LogP contribution >= 0.6 is 0 Å². The fourth-order valence-electron chi connectivity index (χ4n) is 3.73. The van der Waals surface area contributed by atoms with Gasteiger partial charge in [-0.05, 0) is 37.3 Å². The standard InChI is InChI=1S/C18H23N3O4S/c19-17-16-14(11-26(23,24)20-17)4-1-5-15(16)25-10-12-3-2-8-21(9-12)18(22)13-6-7-13/h1,4-5,12-13H,2-3,6-11H2,(H2,19,20). The Morgan fingerprint density at radius 1 is 1.31 bits per heavy atom. The van der Waals surface area contributed by atoms with Crippen LogP contribution in [-0.2, 0) is 20.6 Å². The molecule has 1 amide bonds. The van der Waals surface area contributed by atoms with Crippen molar-refractivity contribution in [2.45, 2.75) is 31.4 Å². The molecule has 0 aromatic heterocycles. The highest BCUT2D eigenvalue weighted by Crippen LogP contribution is 2.33. The van der Waals surface area contributed by atoms with Crippen molar-refractivity contribution in [2.24, 2.45) is 22.0 Å². The summed E-state index contributed by atoms with van der Waals surface area (Å²) in [5, 5.41) is 0. The molecule has 140 valence electrons. The van der Waals surface area contributed by atoms with E-state index >= 15 is 0 Å². The van der Waals surface area contributed by atoms with Gasteiger partial charge in [0.05, 0.1) is 17.9 Å². The minimum Gasteiger partial charge on any atom is -0.492 e. The molecule has 0 bridgehead atoms. The van der Waals surface area contributed by atoms with Crippen LogP contribution in [0, 0.1) is 11.8 Å². The third-order valence-electron chi connectivity index (χ3n) is 5.18. The zero-order valence-electron chi connectivity index (χ0n) is 14.6. The monoisotopic (exact) mass is 377 g/mol. The first-order valence-corrected chi connectivity index (χ1v) is 10.7. The number of piperidine rings is 1. The predicted octanol–water partition coefficient (Wildman–Crippen LogP) is 1.26. The van der Waals surface area contributed by atoms with E-state index in [9.17, 15) is 13.2 Å². The molecule has 2 N–H and O–H groups in total. The number of sulfonamides is 1. The Labute approximate surface area is 153 Å². The van der Waals surface area contributed by atoms with Crippen LogP contribution in [0.15, 0.2) is 22.6 Å². The maximum Gasteiger partial charge on any atom is 0.259 e. The smallest absolute Gasteiger partial charge is 0.259 e. The fraction of sp³-hybridized carbons (Fsp3) is 0.556. The minimum absolute atomic E-state index is 0.0176. The van der Waals surface area contributed by atoms with Gasteiger partial charge in [0.15, 0.2) is 0 Å². The molecule has 1 aromatic rings. The van der Waals surface area contributed by atoms with Crippen LogP contribution < -0.4 is 10.5 Å². The quantitative estimate of drug-likeness (QED) is 0.851. The van der Waals surface area contributed by atoms with Gasteiger partial charge in [-0.1, -0.05) is 12.1 Å². The van der Waals surface area contributed by atoms with Crippen LogP contribution in [0.2, 0.25) is 0 Å². The number of ether oxygens (including phenoxy) is 1. The lowest BCUT2D eigenvalue weighted by molar-refractivity contribution is -0.134. The summed E-state index contributed by atoms with van der Waals surface area (Å²) < 4.78 is 33.1. The van der Waals surface area contributed by atoms with E-state index in [-0.39, 0.29) is 29.3 Å². The average Bonchev–Trinajstić information content (AvgIpc) is 3.43. The largest absolute Gasteiger partial charge is 0.492 e. The van der Waals surface area contributed by atoms with Crippen molar-refractivity contribution in [3.8, 4) is 5.75 Å². The molecule has 0 spiro atoms. The summed E-state index contributed by atoms with van der Waals surface area (Å²) in [5.41, 5.74) is 7.06. The molecular weight excluding hydrogens is 354 g/mol. The zero-order chi connectivity index (χ0) is 18.3. The molecule has 2 heterocycles. The summed E-state index contributed by atoms with van der Waals surface area (Å²) in [4.78, 5) is 14.2. The number of amides is 1. The van der Waals surface area contributed by atoms with Gasteiger partial charge in [0, 0.05) is 24.9 Å². The van der Waals surface area contributed by atoms with Crippen LogP contribution in [0.25, 0.3) is 0 Å². The zero-order valence-corrected chi connectivity index (χ0v) is 15.4. The van der Waals surface area contributed by atoms with Crippen LogP contribution in [0.5, 0.6) is 5.75 Å². The Morgan fingerprint density at radius 3 is 2.88 bits per heavy atom. The van der Waals surface area contributed by atoms with Crippen molar-refractivity contribution < 1.29 is 17.9 Å². The second-order valence-corrected chi connectivity index (χ2v) is 9.01. The Bertz CT molecular complexity index is 861. The minimum atomic E-state index is -3.55. The number of amidine groups is 1. The molecule has 1 aromatic carbocycles. The second-order valence-electron chi connectivity index (χ2n) is 7.37. The van der Waals surface area contributed by atoms with Gasteiger partial charge in [-0.2, -0.15) is 0 Å². The Morgan fingerprint density at radius 2 is 2.12 bits per heavy atom. The summed E-state index contributed by atoms with van der Waals surface area (Å²) in [5.74, 6) is 1.18. The first-order chi connectivity index (χ1) is 12.4. The topological polar surface area (TPSA) is 102 Å². The Hall–Kier alpha value is -2.09. The van der Waals surface area contributed by atoms with Crippen LogP contribution in [0.3, 0.4) is 0 Å². The SMILES string of the molecule is NC1=NS(=O)(=O)Cc2cccc(OCC3CCCN(C(=O)C4CC4)C3)c21. The number of nitrogens with zero attached hydrogens (tertiary/aromatic N) is 2. The lowest BCUT2D eigenvalue weighted by Gasteiger charge is -2.33. The van der Waals surface area contributed by atoms with Gasteiger partial charge in [0.25, 0.3) is 10.0 Å². The summed E-state index contributed by atoms with van der Waals surface area (Å²) in [6.45, 7) is 2.04. The van der Waals surface area contributed by atoms with Gasteiger partial charge >= 0.3 is 0 Å². The molecule has 1 aliphatic carbocycles. The molecule has 1 atom stereocenters. The van der Waals surface area contributed by atoms with Gasteiger partial charge < -0.3 is 15.4 Å². The van der Waals surface area contributed by atoms with Gasteiger partial charge in [-0.3, -0.25) is 4.79 Å². The molecular formula is C18H23N3O4S. The number of hydrogen-bond acceptors (Lipinski definition) is 5. The van der Waals surface area contributed by atoms with Crippen molar-refractivity contribution in [2.75, 3.05) is 19.7 Å². The molecule has 1 saturated carbocycles. The number of benzene rings is 1. The molecule has 2 aliphatic heterocycles. The molecule has 8 heteroatoms. The van der Waals surface area contributed by atoms with Crippen LogP contribution in [0.1, 0.15) is 36.8 Å². The summed E-state index contributed by atoms with van der Waals surface area (Å²) in [7, 11) is -3.55. The van der Waals surface area contributed by atoms with Crippen LogP contribution in [-0.4, -0.2) is 44.8 Å². The fourth-order valence-corrected chi connectivity index (χ4v) is 4.82. The van der Waals surface area contributed by atoms with Crippen molar-refractivity contribution in [1.29, 1.82) is 0 Å².